The first kappa shape index (κ1) is 18.0. The molecular formula is C18H36MgN2. The van der Waals surface area contributed by atoms with Gasteiger partial charge in [-0.3, -0.25) is 0 Å². The van der Waals surface area contributed by atoms with Crippen molar-refractivity contribution in [2.45, 2.75) is 64.2 Å². The Morgan fingerprint density at radius 1 is 0.476 bits per heavy atom. The fraction of sp³-hybridized carbons (Fsp3) is 1.00. The highest BCUT2D eigenvalue weighted by Crippen LogP contribution is 2.34. The first-order valence-corrected chi connectivity index (χ1v) is 9.35. The van der Waals surface area contributed by atoms with Crippen LogP contribution in [-0.4, -0.2) is 49.2 Å². The van der Waals surface area contributed by atoms with E-state index >= 15 is 0 Å². The summed E-state index contributed by atoms with van der Waals surface area (Å²) in [5, 5.41) is 6.97. The summed E-state index contributed by atoms with van der Waals surface area (Å²) in [6.45, 7) is 5.18. The summed E-state index contributed by atoms with van der Waals surface area (Å²) in [5.74, 6) is 4.27. The number of hydrogen-bond acceptors (Lipinski definition) is 2. The van der Waals surface area contributed by atoms with E-state index in [0.717, 1.165) is 23.7 Å². The maximum absolute atomic E-state index is 3.48. The average Bonchev–Trinajstić information content (AvgIpc) is 2.56. The number of piperidine rings is 2. The van der Waals surface area contributed by atoms with E-state index < -0.39 is 0 Å². The predicted molar refractivity (Wildman–Crippen MR) is 94.4 cm³/mol. The Bertz CT molecular complexity index is 204. The lowest BCUT2D eigenvalue weighted by molar-refractivity contribution is 0.185. The van der Waals surface area contributed by atoms with E-state index in [2.05, 4.69) is 10.6 Å². The van der Waals surface area contributed by atoms with Gasteiger partial charge in [-0.15, -0.1) is 0 Å². The summed E-state index contributed by atoms with van der Waals surface area (Å²) in [6, 6.07) is 0. The quantitative estimate of drug-likeness (QED) is 0.672. The van der Waals surface area contributed by atoms with E-state index in [-0.39, 0.29) is 23.1 Å². The van der Waals surface area contributed by atoms with E-state index in [1.54, 1.807) is 0 Å². The second-order valence-electron chi connectivity index (χ2n) is 7.59. The van der Waals surface area contributed by atoms with E-state index in [9.17, 15) is 0 Å². The van der Waals surface area contributed by atoms with Gasteiger partial charge >= 0.3 is 23.1 Å². The molecule has 2 N–H and O–H groups in total. The molecule has 0 aromatic carbocycles. The lowest BCUT2D eigenvalue weighted by atomic mass is 9.76. The Hall–Kier alpha value is 0.686. The zero-order valence-electron chi connectivity index (χ0n) is 13.2. The normalized spacial score (nSPS) is 38.9. The maximum Gasteiger partial charge on any atom is 0.316 e. The number of rotatable bonds is 0. The van der Waals surface area contributed by atoms with Crippen LogP contribution in [0.3, 0.4) is 0 Å². The molecule has 4 fully saturated rings. The topological polar surface area (TPSA) is 24.1 Å². The molecule has 4 aliphatic rings. The fourth-order valence-corrected chi connectivity index (χ4v) is 5.02. The molecule has 2 heterocycles. The number of hydrogen-bond donors (Lipinski definition) is 2. The van der Waals surface area contributed by atoms with Crippen molar-refractivity contribution >= 4 is 23.1 Å². The highest BCUT2D eigenvalue weighted by atomic mass is 24.3. The second kappa shape index (κ2) is 9.74. The third-order valence-electron chi connectivity index (χ3n) is 6.33. The van der Waals surface area contributed by atoms with Crippen molar-refractivity contribution in [2.75, 3.05) is 26.2 Å². The minimum atomic E-state index is 0. The molecule has 2 saturated carbocycles. The van der Waals surface area contributed by atoms with E-state index in [4.69, 9.17) is 0 Å². The van der Waals surface area contributed by atoms with Crippen LogP contribution in [-0.2, 0) is 0 Å². The van der Waals surface area contributed by atoms with Gasteiger partial charge in [0.1, 0.15) is 0 Å². The molecule has 2 nitrogen and oxygen atoms in total. The molecule has 4 unspecified atom stereocenters. The summed E-state index contributed by atoms with van der Waals surface area (Å²) in [7, 11) is 0. The smallest absolute Gasteiger partial charge is 0.316 e. The standard InChI is InChI=1S/2C9H17N.Mg.2H/c2*1-2-4-9-7-10-6-5-8(9)3-1;;;/h2*8-10H,1-7H2;;;. The molecule has 2 saturated heterocycles. The van der Waals surface area contributed by atoms with Crippen LogP contribution >= 0.6 is 0 Å². The minimum Gasteiger partial charge on any atom is -0.316 e. The first-order valence-electron chi connectivity index (χ1n) is 9.35. The van der Waals surface area contributed by atoms with E-state index in [0.29, 0.717) is 0 Å². The van der Waals surface area contributed by atoms with Crippen LogP contribution in [0.1, 0.15) is 64.2 Å². The molecule has 21 heavy (non-hydrogen) atoms. The zero-order chi connectivity index (χ0) is 13.6. The maximum atomic E-state index is 3.48. The fourth-order valence-electron chi connectivity index (χ4n) is 5.02. The van der Waals surface area contributed by atoms with Crippen LogP contribution in [0.2, 0.25) is 0 Å². The molecule has 0 radical (unpaired) electrons. The van der Waals surface area contributed by atoms with Crippen molar-refractivity contribution in [2.24, 2.45) is 23.7 Å². The van der Waals surface area contributed by atoms with Gasteiger partial charge in [-0.25, -0.2) is 0 Å². The Balaban J connectivity index is 0.000000147. The molecule has 120 valence electrons. The monoisotopic (exact) mass is 304 g/mol. The summed E-state index contributed by atoms with van der Waals surface area (Å²) < 4.78 is 0. The van der Waals surface area contributed by atoms with Gasteiger partial charge in [0.25, 0.3) is 0 Å². The molecule has 0 aromatic heterocycles. The van der Waals surface area contributed by atoms with Crippen LogP contribution in [0.4, 0.5) is 0 Å². The van der Waals surface area contributed by atoms with Crippen molar-refractivity contribution in [3.05, 3.63) is 0 Å². The van der Waals surface area contributed by atoms with Crippen molar-refractivity contribution in [1.29, 1.82) is 0 Å². The van der Waals surface area contributed by atoms with Gasteiger partial charge in [0.05, 0.1) is 0 Å². The third kappa shape index (κ3) is 5.37. The Labute approximate surface area is 147 Å². The zero-order valence-corrected chi connectivity index (χ0v) is 13.2. The van der Waals surface area contributed by atoms with E-state index in [1.807, 2.05) is 0 Å². The molecule has 2 aliphatic heterocycles. The minimum absolute atomic E-state index is 0. The van der Waals surface area contributed by atoms with Crippen molar-refractivity contribution in [3.8, 4) is 0 Å². The molecule has 0 bridgehead atoms. The van der Waals surface area contributed by atoms with Gasteiger partial charge in [0, 0.05) is 0 Å². The average molecular weight is 305 g/mol. The van der Waals surface area contributed by atoms with Crippen molar-refractivity contribution in [1.82, 2.24) is 10.6 Å². The molecule has 3 heteroatoms. The number of nitrogens with one attached hydrogen (secondary N) is 2. The lowest BCUT2D eigenvalue weighted by Gasteiger charge is -2.35. The summed E-state index contributed by atoms with van der Waals surface area (Å²) in [6.07, 6.45) is 14.9. The van der Waals surface area contributed by atoms with Crippen LogP contribution in [0.15, 0.2) is 0 Å². The molecule has 4 rings (SSSR count). The predicted octanol–water partition coefficient (Wildman–Crippen LogP) is 2.66. The van der Waals surface area contributed by atoms with Crippen LogP contribution in [0.5, 0.6) is 0 Å². The Morgan fingerprint density at radius 2 is 0.857 bits per heavy atom. The molecule has 0 amide bonds. The molecule has 0 spiro atoms. The van der Waals surface area contributed by atoms with Gasteiger partial charge in [0.15, 0.2) is 0 Å². The second-order valence-corrected chi connectivity index (χ2v) is 7.59. The van der Waals surface area contributed by atoms with Crippen LogP contribution in [0.25, 0.3) is 0 Å². The highest BCUT2D eigenvalue weighted by molar-refractivity contribution is 5.75. The molecule has 4 atom stereocenters. The van der Waals surface area contributed by atoms with Crippen molar-refractivity contribution in [3.63, 3.8) is 0 Å². The SMILES string of the molecule is C1CCC2CNCCC2C1.C1CCC2CNCCC2C1.[MgH2]. The molecule has 0 aromatic rings. The van der Waals surface area contributed by atoms with Gasteiger partial charge < -0.3 is 10.6 Å². The van der Waals surface area contributed by atoms with Gasteiger partial charge in [-0.2, -0.15) is 0 Å². The van der Waals surface area contributed by atoms with E-state index in [1.165, 1.54) is 90.4 Å². The third-order valence-corrected chi connectivity index (χ3v) is 6.33. The van der Waals surface area contributed by atoms with Crippen LogP contribution in [0, 0.1) is 23.7 Å². The van der Waals surface area contributed by atoms with Gasteiger partial charge in [0.2, 0.25) is 0 Å². The summed E-state index contributed by atoms with van der Waals surface area (Å²) in [5.41, 5.74) is 0. The largest absolute Gasteiger partial charge is 0.316 e. The van der Waals surface area contributed by atoms with Gasteiger partial charge in [-0.1, -0.05) is 38.5 Å². The Morgan fingerprint density at radius 3 is 1.24 bits per heavy atom. The number of fused-ring (bicyclic) bond motifs is 2. The summed E-state index contributed by atoms with van der Waals surface area (Å²) >= 11 is 0. The summed E-state index contributed by atoms with van der Waals surface area (Å²) in [4.78, 5) is 0. The van der Waals surface area contributed by atoms with Crippen LogP contribution < -0.4 is 10.6 Å². The molecular weight excluding hydrogens is 269 g/mol. The molecule has 2 aliphatic carbocycles. The Kier molecular flexibility index (Phi) is 8.36. The highest BCUT2D eigenvalue weighted by Gasteiger charge is 2.27. The first-order chi connectivity index (χ1) is 9.93. The lowest BCUT2D eigenvalue weighted by Crippen LogP contribution is -2.38. The van der Waals surface area contributed by atoms with Crippen molar-refractivity contribution < 1.29 is 0 Å². The van der Waals surface area contributed by atoms with Gasteiger partial charge in [-0.05, 0) is 75.5 Å².